The third-order valence-corrected chi connectivity index (χ3v) is 4.36. The number of nitro groups is 1. The number of benzene rings is 1. The molecule has 0 saturated carbocycles. The van der Waals surface area contributed by atoms with Gasteiger partial charge in [-0.15, -0.1) is 0 Å². The van der Waals surface area contributed by atoms with E-state index in [1.165, 1.54) is 12.1 Å². The molecule has 1 aromatic carbocycles. The van der Waals surface area contributed by atoms with Gasteiger partial charge in [0, 0.05) is 42.8 Å². The van der Waals surface area contributed by atoms with Crippen molar-refractivity contribution in [2.24, 2.45) is 0 Å². The molecule has 0 spiro atoms. The van der Waals surface area contributed by atoms with E-state index in [4.69, 9.17) is 4.74 Å². The number of ether oxygens (including phenoxy) is 1. The lowest BCUT2D eigenvalue weighted by Gasteiger charge is -2.24. The Bertz CT molecular complexity index is 582. The van der Waals surface area contributed by atoms with Gasteiger partial charge >= 0.3 is 5.97 Å². The lowest BCUT2D eigenvalue weighted by atomic mass is 10.2. The monoisotopic (exact) mass is 385 g/mol. The van der Waals surface area contributed by atoms with E-state index in [1.54, 1.807) is 13.0 Å². The second-order valence-electron chi connectivity index (χ2n) is 5.31. The van der Waals surface area contributed by atoms with Gasteiger partial charge in [0.05, 0.1) is 23.8 Å². The lowest BCUT2D eigenvalue weighted by molar-refractivity contribution is -0.384. The van der Waals surface area contributed by atoms with E-state index in [9.17, 15) is 14.9 Å². The molecule has 0 atom stereocenters. The first-order chi connectivity index (χ1) is 11.0. The maximum Gasteiger partial charge on any atom is 0.320 e. The van der Waals surface area contributed by atoms with Crippen molar-refractivity contribution in [3.8, 4) is 0 Å². The average Bonchev–Trinajstić information content (AvgIpc) is 2.73. The van der Waals surface area contributed by atoms with Crippen molar-refractivity contribution in [2.45, 2.75) is 13.3 Å². The predicted molar refractivity (Wildman–Crippen MR) is 90.7 cm³/mol. The normalized spacial score (nSPS) is 16.0. The Morgan fingerprint density at radius 3 is 2.78 bits per heavy atom. The molecule has 1 saturated heterocycles. The maximum absolute atomic E-state index is 11.6. The zero-order valence-electron chi connectivity index (χ0n) is 13.0. The van der Waals surface area contributed by atoms with Crippen LogP contribution in [0.25, 0.3) is 0 Å². The van der Waals surface area contributed by atoms with Gasteiger partial charge in [0.15, 0.2) is 0 Å². The Hall–Kier alpha value is -1.67. The molecule has 2 rings (SSSR count). The molecule has 0 aromatic heterocycles. The maximum atomic E-state index is 11.6. The highest BCUT2D eigenvalue weighted by Gasteiger charge is 2.20. The van der Waals surface area contributed by atoms with Gasteiger partial charge in [0.2, 0.25) is 0 Å². The van der Waals surface area contributed by atoms with E-state index in [0.29, 0.717) is 17.6 Å². The third-order valence-electron chi connectivity index (χ3n) is 3.73. The van der Waals surface area contributed by atoms with Crippen molar-refractivity contribution in [3.05, 3.63) is 32.8 Å². The molecule has 7 nitrogen and oxygen atoms in total. The van der Waals surface area contributed by atoms with Crippen molar-refractivity contribution < 1.29 is 14.5 Å². The zero-order chi connectivity index (χ0) is 16.8. The molecule has 0 aliphatic carbocycles. The number of anilines is 1. The minimum atomic E-state index is -0.405. The third kappa shape index (κ3) is 4.90. The summed E-state index contributed by atoms with van der Waals surface area (Å²) in [6.45, 7) is 5.69. The van der Waals surface area contributed by atoms with Gasteiger partial charge in [0.25, 0.3) is 5.69 Å². The quantitative estimate of drug-likeness (QED) is 0.440. The van der Waals surface area contributed by atoms with Crippen LogP contribution in [-0.2, 0) is 9.53 Å². The molecule has 1 aromatic rings. The molecule has 0 N–H and O–H groups in total. The summed E-state index contributed by atoms with van der Waals surface area (Å²) in [6, 6.07) is 4.81. The van der Waals surface area contributed by atoms with Gasteiger partial charge in [-0.2, -0.15) is 0 Å². The summed E-state index contributed by atoms with van der Waals surface area (Å²) in [5.74, 6) is -0.197. The highest BCUT2D eigenvalue weighted by Crippen LogP contribution is 2.30. The standard InChI is InChI=1S/C15H20BrN3O4/c1-2-23-15(20)11-17-6-3-7-18(9-8-17)14-5-4-12(19(21)22)10-13(14)16/h4-5,10H,2-3,6-9,11H2,1H3. The lowest BCUT2D eigenvalue weighted by Crippen LogP contribution is -2.35. The molecular formula is C15H20BrN3O4. The first-order valence-corrected chi connectivity index (χ1v) is 8.37. The van der Waals surface area contributed by atoms with E-state index < -0.39 is 4.92 Å². The molecule has 1 fully saturated rings. The second kappa shape index (κ2) is 8.26. The number of carbonyl (C=O) groups is 1. The Balaban J connectivity index is 2.00. The highest BCUT2D eigenvalue weighted by atomic mass is 79.9. The van der Waals surface area contributed by atoms with Crippen molar-refractivity contribution in [3.63, 3.8) is 0 Å². The van der Waals surface area contributed by atoms with Gasteiger partial charge in [-0.05, 0) is 35.3 Å². The fraction of sp³-hybridized carbons (Fsp3) is 0.533. The molecule has 0 radical (unpaired) electrons. The molecule has 0 unspecified atom stereocenters. The Morgan fingerprint density at radius 1 is 1.35 bits per heavy atom. The second-order valence-corrected chi connectivity index (χ2v) is 6.17. The van der Waals surface area contributed by atoms with Gasteiger partial charge in [-0.25, -0.2) is 0 Å². The van der Waals surface area contributed by atoms with Gasteiger partial charge in [0.1, 0.15) is 0 Å². The largest absolute Gasteiger partial charge is 0.465 e. The molecule has 1 aliphatic heterocycles. The number of hydrogen-bond donors (Lipinski definition) is 0. The molecule has 0 bridgehead atoms. The van der Waals surface area contributed by atoms with Crippen molar-refractivity contribution in [1.82, 2.24) is 4.90 Å². The molecule has 0 amide bonds. The summed E-state index contributed by atoms with van der Waals surface area (Å²) in [4.78, 5) is 26.3. The SMILES string of the molecule is CCOC(=O)CN1CCCN(c2ccc([N+](=O)[O-])cc2Br)CC1. The van der Waals surface area contributed by atoms with E-state index in [-0.39, 0.29) is 11.7 Å². The van der Waals surface area contributed by atoms with E-state index in [1.807, 2.05) is 0 Å². The molecule has 23 heavy (non-hydrogen) atoms. The Kier molecular flexibility index (Phi) is 6.35. The van der Waals surface area contributed by atoms with E-state index >= 15 is 0 Å². The van der Waals surface area contributed by atoms with Crippen LogP contribution in [0.3, 0.4) is 0 Å². The fourth-order valence-corrected chi connectivity index (χ4v) is 3.24. The Labute approximate surface area is 143 Å². The predicted octanol–water partition coefficient (Wildman–Crippen LogP) is 2.43. The number of carbonyl (C=O) groups excluding carboxylic acids is 1. The summed E-state index contributed by atoms with van der Waals surface area (Å²) in [5, 5.41) is 10.8. The van der Waals surface area contributed by atoms with E-state index in [0.717, 1.165) is 38.3 Å². The summed E-state index contributed by atoms with van der Waals surface area (Å²) >= 11 is 3.42. The number of nitrogens with zero attached hydrogens (tertiary/aromatic N) is 3. The van der Waals surface area contributed by atoms with Gasteiger partial charge in [-0.3, -0.25) is 19.8 Å². The number of non-ortho nitro benzene ring substituents is 1. The number of halogens is 1. The first-order valence-electron chi connectivity index (χ1n) is 7.58. The molecule has 1 aliphatic rings. The van der Waals surface area contributed by atoms with Crippen LogP contribution in [0.2, 0.25) is 0 Å². The van der Waals surface area contributed by atoms with Crippen molar-refractivity contribution in [1.29, 1.82) is 0 Å². The smallest absolute Gasteiger partial charge is 0.320 e. The van der Waals surface area contributed by atoms with Crippen molar-refractivity contribution >= 4 is 33.3 Å². The summed E-state index contributed by atoms with van der Waals surface area (Å²) in [6.07, 6.45) is 0.919. The van der Waals surface area contributed by atoms with Crippen LogP contribution in [0.5, 0.6) is 0 Å². The molecular weight excluding hydrogens is 366 g/mol. The molecule has 1 heterocycles. The summed E-state index contributed by atoms with van der Waals surface area (Å²) in [7, 11) is 0. The minimum Gasteiger partial charge on any atom is -0.465 e. The van der Waals surface area contributed by atoms with Crippen molar-refractivity contribution in [2.75, 3.05) is 44.2 Å². The van der Waals surface area contributed by atoms with Crippen LogP contribution in [0.4, 0.5) is 11.4 Å². The number of nitro benzene ring substituents is 1. The van der Waals surface area contributed by atoms with Crippen LogP contribution in [0, 0.1) is 10.1 Å². The topological polar surface area (TPSA) is 75.9 Å². The van der Waals surface area contributed by atoms with Crippen LogP contribution in [0.1, 0.15) is 13.3 Å². The first kappa shape index (κ1) is 17.7. The zero-order valence-corrected chi connectivity index (χ0v) is 14.6. The van der Waals surface area contributed by atoms with Crippen LogP contribution in [-0.4, -0.2) is 55.1 Å². The minimum absolute atomic E-state index is 0.0689. The Morgan fingerprint density at radius 2 is 2.13 bits per heavy atom. The van der Waals surface area contributed by atoms with Gasteiger partial charge < -0.3 is 9.64 Å². The average molecular weight is 386 g/mol. The summed E-state index contributed by atoms with van der Waals surface area (Å²) in [5.41, 5.74) is 1.01. The highest BCUT2D eigenvalue weighted by molar-refractivity contribution is 9.10. The van der Waals surface area contributed by atoms with E-state index in [2.05, 4.69) is 25.7 Å². The number of esters is 1. The van der Waals surface area contributed by atoms with Gasteiger partial charge in [-0.1, -0.05) is 0 Å². The van der Waals surface area contributed by atoms with Crippen LogP contribution < -0.4 is 4.90 Å². The van der Waals surface area contributed by atoms with Crippen LogP contribution >= 0.6 is 15.9 Å². The fourth-order valence-electron chi connectivity index (χ4n) is 2.62. The summed E-state index contributed by atoms with van der Waals surface area (Å²) < 4.78 is 5.70. The molecule has 8 heteroatoms. The van der Waals surface area contributed by atoms with Crippen LogP contribution in [0.15, 0.2) is 22.7 Å². The molecule has 126 valence electrons. The number of hydrogen-bond acceptors (Lipinski definition) is 6. The number of rotatable bonds is 5.